The van der Waals surface area contributed by atoms with Gasteiger partial charge in [0.15, 0.2) is 0 Å². The van der Waals surface area contributed by atoms with Gasteiger partial charge in [-0.25, -0.2) is 8.78 Å². The molecule has 114 valence electrons. The van der Waals surface area contributed by atoms with Crippen LogP contribution < -0.4 is 10.5 Å². The number of benzene rings is 1. The number of rotatable bonds is 6. The summed E-state index contributed by atoms with van der Waals surface area (Å²) in [5.41, 5.74) is 5.15. The molecule has 0 heterocycles. The molecule has 8 heteroatoms. The molecule has 0 bridgehead atoms. The number of halogens is 5. The molecule has 1 atom stereocenters. The minimum absolute atomic E-state index is 0.00993. The maximum atomic E-state index is 13.6. The van der Waals surface area contributed by atoms with E-state index in [0.717, 1.165) is 12.1 Å². The van der Waals surface area contributed by atoms with Gasteiger partial charge in [-0.05, 0) is 6.42 Å². The molecular weight excluding hydrogens is 285 g/mol. The van der Waals surface area contributed by atoms with Crippen LogP contribution in [0.15, 0.2) is 12.1 Å². The van der Waals surface area contributed by atoms with Crippen molar-refractivity contribution in [2.75, 3.05) is 20.3 Å². The smallest absolute Gasteiger partial charge is 0.411 e. The molecule has 0 aliphatic heterocycles. The van der Waals surface area contributed by atoms with Crippen LogP contribution in [0.4, 0.5) is 22.0 Å². The minimum Gasteiger partial charge on any atom is -0.497 e. The number of hydrogen-bond acceptors (Lipinski definition) is 3. The van der Waals surface area contributed by atoms with Gasteiger partial charge in [-0.1, -0.05) is 0 Å². The number of ether oxygens (including phenoxy) is 2. The highest BCUT2D eigenvalue weighted by Crippen LogP contribution is 2.26. The van der Waals surface area contributed by atoms with Crippen molar-refractivity contribution >= 4 is 0 Å². The number of alkyl halides is 3. The Kier molecular flexibility index (Phi) is 5.70. The van der Waals surface area contributed by atoms with Crippen molar-refractivity contribution in [3.8, 4) is 5.75 Å². The molecule has 0 aliphatic rings. The van der Waals surface area contributed by atoms with Crippen molar-refractivity contribution in [2.24, 2.45) is 5.73 Å². The van der Waals surface area contributed by atoms with E-state index in [1.54, 1.807) is 0 Å². The second-order valence-corrected chi connectivity index (χ2v) is 4.07. The Morgan fingerprint density at radius 1 is 1.20 bits per heavy atom. The third kappa shape index (κ3) is 4.93. The number of nitrogens with two attached hydrogens (primary N) is 1. The Morgan fingerprint density at radius 3 is 2.20 bits per heavy atom. The van der Waals surface area contributed by atoms with E-state index in [-0.39, 0.29) is 18.8 Å². The summed E-state index contributed by atoms with van der Waals surface area (Å²) in [6.07, 6.45) is -4.59. The van der Waals surface area contributed by atoms with E-state index in [4.69, 9.17) is 5.73 Å². The van der Waals surface area contributed by atoms with Crippen LogP contribution in [-0.2, 0) is 4.74 Å². The molecule has 0 spiro atoms. The summed E-state index contributed by atoms with van der Waals surface area (Å²) in [4.78, 5) is 0. The third-order valence-corrected chi connectivity index (χ3v) is 2.50. The number of hydrogen-bond donors (Lipinski definition) is 1. The highest BCUT2D eigenvalue weighted by molar-refractivity contribution is 5.32. The van der Waals surface area contributed by atoms with Gasteiger partial charge in [0.2, 0.25) is 0 Å². The van der Waals surface area contributed by atoms with Gasteiger partial charge in [0.1, 0.15) is 24.0 Å². The first kappa shape index (κ1) is 16.6. The monoisotopic (exact) mass is 299 g/mol. The zero-order chi connectivity index (χ0) is 15.3. The molecule has 0 aromatic heterocycles. The second-order valence-electron chi connectivity index (χ2n) is 4.07. The average Bonchev–Trinajstić information content (AvgIpc) is 2.32. The fraction of sp³-hybridized carbons (Fsp3) is 0.500. The van der Waals surface area contributed by atoms with Crippen molar-refractivity contribution in [3.63, 3.8) is 0 Å². The van der Waals surface area contributed by atoms with Crippen LogP contribution in [-0.4, -0.2) is 26.5 Å². The summed E-state index contributed by atoms with van der Waals surface area (Å²) >= 11 is 0. The van der Waals surface area contributed by atoms with E-state index in [1.807, 2.05) is 0 Å². The van der Waals surface area contributed by atoms with E-state index in [0.29, 0.717) is 0 Å². The van der Waals surface area contributed by atoms with Gasteiger partial charge in [-0.15, -0.1) is 0 Å². The predicted molar refractivity (Wildman–Crippen MR) is 61.3 cm³/mol. The van der Waals surface area contributed by atoms with Gasteiger partial charge >= 0.3 is 6.18 Å². The van der Waals surface area contributed by atoms with E-state index < -0.39 is 36.0 Å². The molecule has 2 N–H and O–H groups in total. The van der Waals surface area contributed by atoms with Crippen molar-refractivity contribution in [3.05, 3.63) is 29.3 Å². The largest absolute Gasteiger partial charge is 0.497 e. The summed E-state index contributed by atoms with van der Waals surface area (Å²) in [5, 5.41) is 0. The van der Waals surface area contributed by atoms with Crippen molar-refractivity contribution in [1.29, 1.82) is 0 Å². The van der Waals surface area contributed by atoms with Crippen molar-refractivity contribution in [1.82, 2.24) is 0 Å². The lowest BCUT2D eigenvalue weighted by Crippen LogP contribution is -2.21. The molecule has 0 saturated carbocycles. The SMILES string of the molecule is COc1cc(F)c(C(N)CCOCC(F)(F)F)c(F)c1. The van der Waals surface area contributed by atoms with Crippen LogP contribution in [0.5, 0.6) is 5.75 Å². The molecule has 1 aromatic rings. The standard InChI is InChI=1S/C12H14F5NO2/c1-19-7-4-8(13)11(9(14)5-7)10(18)2-3-20-6-12(15,16)17/h4-5,10H,2-3,6,18H2,1H3. The van der Waals surface area contributed by atoms with E-state index in [1.165, 1.54) is 7.11 Å². The first-order chi connectivity index (χ1) is 9.24. The van der Waals surface area contributed by atoms with Gasteiger partial charge in [0.25, 0.3) is 0 Å². The highest BCUT2D eigenvalue weighted by Gasteiger charge is 2.27. The Labute approximate surface area is 112 Å². The maximum absolute atomic E-state index is 13.6. The van der Waals surface area contributed by atoms with Crippen molar-refractivity contribution < 1.29 is 31.4 Å². The van der Waals surface area contributed by atoms with Crippen LogP contribution in [0.3, 0.4) is 0 Å². The fourth-order valence-corrected chi connectivity index (χ4v) is 1.58. The zero-order valence-electron chi connectivity index (χ0n) is 10.6. The summed E-state index contributed by atoms with van der Waals surface area (Å²) in [5.74, 6) is -1.83. The van der Waals surface area contributed by atoms with Gasteiger partial charge in [0.05, 0.1) is 7.11 Å². The highest BCUT2D eigenvalue weighted by atomic mass is 19.4. The molecular formula is C12H14F5NO2. The number of methoxy groups -OCH3 is 1. The van der Waals surface area contributed by atoms with Gasteiger partial charge in [0, 0.05) is 30.3 Å². The Balaban J connectivity index is 2.62. The second kappa shape index (κ2) is 6.85. The molecule has 0 amide bonds. The average molecular weight is 299 g/mol. The molecule has 0 fully saturated rings. The van der Waals surface area contributed by atoms with Gasteiger partial charge in [-0.2, -0.15) is 13.2 Å². The maximum Gasteiger partial charge on any atom is 0.411 e. The molecule has 1 aromatic carbocycles. The lowest BCUT2D eigenvalue weighted by molar-refractivity contribution is -0.174. The lowest BCUT2D eigenvalue weighted by Gasteiger charge is -2.15. The summed E-state index contributed by atoms with van der Waals surface area (Å²) in [6, 6.07) is 0.804. The van der Waals surface area contributed by atoms with Crippen LogP contribution in [0.2, 0.25) is 0 Å². The van der Waals surface area contributed by atoms with Crippen LogP contribution >= 0.6 is 0 Å². The molecule has 0 radical (unpaired) electrons. The Morgan fingerprint density at radius 2 is 1.75 bits per heavy atom. The van der Waals surface area contributed by atoms with E-state index in [9.17, 15) is 22.0 Å². The van der Waals surface area contributed by atoms with Crippen LogP contribution in [0.1, 0.15) is 18.0 Å². The molecule has 1 unspecified atom stereocenters. The lowest BCUT2D eigenvalue weighted by atomic mass is 10.0. The summed E-state index contributed by atoms with van der Waals surface area (Å²) < 4.78 is 71.7. The van der Waals surface area contributed by atoms with E-state index in [2.05, 4.69) is 9.47 Å². The summed E-state index contributed by atoms with van der Waals surface area (Å²) in [7, 11) is 1.25. The predicted octanol–water partition coefficient (Wildman–Crippen LogP) is 2.94. The molecule has 0 saturated heterocycles. The molecule has 20 heavy (non-hydrogen) atoms. The molecule has 0 aliphatic carbocycles. The topological polar surface area (TPSA) is 44.5 Å². The van der Waals surface area contributed by atoms with Gasteiger partial charge < -0.3 is 15.2 Å². The zero-order valence-corrected chi connectivity index (χ0v) is 10.6. The third-order valence-electron chi connectivity index (χ3n) is 2.50. The molecule has 1 rings (SSSR count). The van der Waals surface area contributed by atoms with Crippen LogP contribution in [0, 0.1) is 11.6 Å². The first-order valence-corrected chi connectivity index (χ1v) is 5.67. The van der Waals surface area contributed by atoms with Gasteiger partial charge in [-0.3, -0.25) is 0 Å². The van der Waals surface area contributed by atoms with Crippen molar-refractivity contribution in [2.45, 2.75) is 18.6 Å². The fourth-order valence-electron chi connectivity index (χ4n) is 1.58. The van der Waals surface area contributed by atoms with Crippen LogP contribution in [0.25, 0.3) is 0 Å². The molecule has 3 nitrogen and oxygen atoms in total. The normalized spacial score (nSPS) is 13.3. The summed E-state index contributed by atoms with van der Waals surface area (Å²) in [6.45, 7) is -1.78. The van der Waals surface area contributed by atoms with E-state index >= 15 is 0 Å². The quantitative estimate of drug-likeness (QED) is 0.649. The Hall–Kier alpha value is -1.41. The minimum atomic E-state index is -4.44. The first-order valence-electron chi connectivity index (χ1n) is 5.67. The Bertz CT molecular complexity index is 427.